The Bertz CT molecular complexity index is 625. The van der Waals surface area contributed by atoms with E-state index in [0.29, 0.717) is 17.5 Å². The molecule has 2 fully saturated rings. The van der Waals surface area contributed by atoms with E-state index in [2.05, 4.69) is 15.2 Å². The van der Waals surface area contributed by atoms with Crippen LogP contribution in [0.5, 0.6) is 0 Å². The number of aliphatic imine (C=N–C) groups is 1. The second-order valence-electron chi connectivity index (χ2n) is 5.60. The molecule has 126 valence electrons. The molecular formula is C15H18Cl2FN3OS. The predicted molar refractivity (Wildman–Crippen MR) is 96.4 cm³/mol. The van der Waals surface area contributed by atoms with Crippen LogP contribution in [0.1, 0.15) is 19.3 Å². The van der Waals surface area contributed by atoms with Crippen LogP contribution in [-0.2, 0) is 4.79 Å². The number of nitrogens with zero attached hydrogens (tertiary/aromatic N) is 2. The minimum Gasteiger partial charge on any atom is -0.350 e. The molecule has 1 N–H and O–H groups in total. The van der Waals surface area contributed by atoms with Crippen LogP contribution < -0.4 is 5.32 Å². The summed E-state index contributed by atoms with van der Waals surface area (Å²) in [7, 11) is 1.96. The van der Waals surface area contributed by atoms with Crippen molar-refractivity contribution in [2.75, 3.05) is 18.1 Å². The van der Waals surface area contributed by atoms with Gasteiger partial charge in [-0.2, -0.15) is 0 Å². The molecule has 1 aliphatic carbocycles. The van der Waals surface area contributed by atoms with Gasteiger partial charge in [-0.15, -0.1) is 12.4 Å². The monoisotopic (exact) mass is 377 g/mol. The number of benzene rings is 1. The molecule has 0 radical (unpaired) electrons. The third-order valence-electron chi connectivity index (χ3n) is 3.72. The molecule has 23 heavy (non-hydrogen) atoms. The van der Waals surface area contributed by atoms with E-state index >= 15 is 0 Å². The molecule has 2 aliphatic rings. The predicted octanol–water partition coefficient (Wildman–Crippen LogP) is 3.80. The van der Waals surface area contributed by atoms with Crippen molar-refractivity contribution in [3.8, 4) is 0 Å². The molecule has 1 amide bonds. The van der Waals surface area contributed by atoms with E-state index in [-0.39, 0.29) is 30.0 Å². The van der Waals surface area contributed by atoms with Gasteiger partial charge in [0.2, 0.25) is 5.91 Å². The number of rotatable bonds is 4. The Labute approximate surface area is 150 Å². The van der Waals surface area contributed by atoms with Crippen molar-refractivity contribution in [2.45, 2.75) is 31.3 Å². The van der Waals surface area contributed by atoms with E-state index in [1.807, 2.05) is 7.05 Å². The Kier molecular flexibility index (Phi) is 6.17. The van der Waals surface area contributed by atoms with Crippen molar-refractivity contribution in [1.82, 2.24) is 4.90 Å². The Morgan fingerprint density at radius 2 is 2.26 bits per heavy atom. The number of thioether (sulfide) groups is 1. The summed E-state index contributed by atoms with van der Waals surface area (Å²) in [6, 6.07) is 4.79. The van der Waals surface area contributed by atoms with Gasteiger partial charge in [0.05, 0.1) is 11.7 Å². The number of amidine groups is 1. The average molecular weight is 378 g/mol. The first kappa shape index (κ1) is 18.4. The summed E-state index contributed by atoms with van der Waals surface area (Å²) in [6.45, 7) is 0. The van der Waals surface area contributed by atoms with Crippen LogP contribution in [0.15, 0.2) is 23.2 Å². The summed E-state index contributed by atoms with van der Waals surface area (Å²) in [6.07, 6.45) is 2.65. The van der Waals surface area contributed by atoms with Gasteiger partial charge in [-0.25, -0.2) is 4.39 Å². The molecule has 4 nitrogen and oxygen atoms in total. The molecule has 1 aromatic rings. The maximum Gasteiger partial charge on any atom is 0.226 e. The van der Waals surface area contributed by atoms with E-state index in [0.717, 1.165) is 10.9 Å². The third kappa shape index (κ3) is 4.75. The fraction of sp³-hybridized carbons (Fsp3) is 0.467. The Hall–Kier alpha value is -0.980. The fourth-order valence-electron chi connectivity index (χ4n) is 2.23. The van der Waals surface area contributed by atoms with Crippen LogP contribution in [0.2, 0.25) is 5.02 Å². The molecule has 0 spiro atoms. The maximum absolute atomic E-state index is 13.7. The zero-order valence-corrected chi connectivity index (χ0v) is 15.0. The van der Waals surface area contributed by atoms with Crippen molar-refractivity contribution in [3.63, 3.8) is 0 Å². The quantitative estimate of drug-likeness (QED) is 0.867. The number of carbonyl (C=O) groups excluding carboxylic acids is 1. The lowest BCUT2D eigenvalue weighted by Crippen LogP contribution is -2.33. The first-order valence-corrected chi connectivity index (χ1v) is 8.57. The van der Waals surface area contributed by atoms with Gasteiger partial charge in [-0.3, -0.25) is 9.79 Å². The molecule has 1 atom stereocenters. The van der Waals surface area contributed by atoms with E-state index in [9.17, 15) is 9.18 Å². The minimum absolute atomic E-state index is 0. The molecule has 0 aromatic heterocycles. The van der Waals surface area contributed by atoms with Crippen molar-refractivity contribution in [3.05, 3.63) is 29.0 Å². The van der Waals surface area contributed by atoms with Gasteiger partial charge >= 0.3 is 0 Å². The highest BCUT2D eigenvalue weighted by Crippen LogP contribution is 2.30. The topological polar surface area (TPSA) is 44.7 Å². The lowest BCUT2D eigenvalue weighted by molar-refractivity contribution is -0.116. The number of nitrogens with one attached hydrogen (secondary N) is 1. The van der Waals surface area contributed by atoms with Crippen LogP contribution in [0.3, 0.4) is 0 Å². The summed E-state index contributed by atoms with van der Waals surface area (Å²) < 4.78 is 13.7. The first-order chi connectivity index (χ1) is 10.5. The van der Waals surface area contributed by atoms with Gasteiger partial charge in [-0.1, -0.05) is 23.4 Å². The number of halogens is 3. The third-order valence-corrected chi connectivity index (χ3v) is 5.16. The van der Waals surface area contributed by atoms with Crippen LogP contribution >= 0.6 is 35.8 Å². The van der Waals surface area contributed by atoms with Gasteiger partial charge in [0.25, 0.3) is 0 Å². The molecule has 1 unspecified atom stereocenters. The Balaban J connectivity index is 0.00000192. The smallest absolute Gasteiger partial charge is 0.226 e. The second kappa shape index (κ2) is 7.73. The molecule has 1 aliphatic heterocycles. The molecular weight excluding hydrogens is 360 g/mol. The fourth-order valence-corrected chi connectivity index (χ4v) is 3.65. The second-order valence-corrected chi connectivity index (χ2v) is 7.02. The summed E-state index contributed by atoms with van der Waals surface area (Å²) in [5, 5.41) is 3.93. The molecule has 1 saturated carbocycles. The lowest BCUT2D eigenvalue weighted by Gasteiger charge is -2.20. The lowest BCUT2D eigenvalue weighted by atomic mass is 10.2. The summed E-state index contributed by atoms with van der Waals surface area (Å²) in [5.41, 5.74) is 0.162. The van der Waals surface area contributed by atoms with Crippen LogP contribution in [0.4, 0.5) is 10.1 Å². The molecule has 3 rings (SSSR count). The number of anilines is 1. The van der Waals surface area contributed by atoms with Crippen molar-refractivity contribution in [2.24, 2.45) is 4.99 Å². The van der Waals surface area contributed by atoms with Gasteiger partial charge in [0.1, 0.15) is 5.82 Å². The normalized spacial score (nSPS) is 22.1. The largest absolute Gasteiger partial charge is 0.350 e. The maximum atomic E-state index is 13.7. The number of hydrogen-bond acceptors (Lipinski definition) is 3. The number of hydrogen-bond donors (Lipinski definition) is 1. The molecule has 8 heteroatoms. The van der Waals surface area contributed by atoms with Crippen LogP contribution in [-0.4, -0.2) is 40.9 Å². The Morgan fingerprint density at radius 1 is 1.52 bits per heavy atom. The van der Waals surface area contributed by atoms with Crippen molar-refractivity contribution < 1.29 is 9.18 Å². The summed E-state index contributed by atoms with van der Waals surface area (Å²) >= 11 is 7.38. The summed E-state index contributed by atoms with van der Waals surface area (Å²) in [4.78, 5) is 18.8. The molecule has 0 bridgehead atoms. The minimum atomic E-state index is -0.522. The molecule has 1 heterocycles. The zero-order valence-electron chi connectivity index (χ0n) is 12.6. The molecule has 1 aromatic carbocycles. The highest BCUT2D eigenvalue weighted by Gasteiger charge is 2.31. The SMILES string of the molecule is CN1/C(=N/C2CC2)SCC1CC(=O)Nc1ccc(Cl)cc1F.Cl. The van der Waals surface area contributed by atoms with Crippen LogP contribution in [0, 0.1) is 5.82 Å². The highest BCUT2D eigenvalue weighted by atomic mass is 35.5. The zero-order chi connectivity index (χ0) is 15.7. The van der Waals surface area contributed by atoms with E-state index in [4.69, 9.17) is 11.6 Å². The van der Waals surface area contributed by atoms with E-state index in [1.54, 1.807) is 17.8 Å². The van der Waals surface area contributed by atoms with Gasteiger partial charge < -0.3 is 10.2 Å². The van der Waals surface area contributed by atoms with Crippen molar-refractivity contribution in [1.29, 1.82) is 0 Å². The Morgan fingerprint density at radius 3 is 2.91 bits per heavy atom. The standard InChI is InChI=1S/C15H17ClFN3OS.ClH/c1-20-11(8-22-15(20)18-10-3-4-10)7-14(21)19-13-5-2-9(16)6-12(13)17;/h2,5-6,10-11H,3-4,7-8H2,1H3,(H,19,21);1H/b18-15-;. The number of carbonyl (C=O) groups is 1. The van der Waals surface area contributed by atoms with E-state index < -0.39 is 5.82 Å². The van der Waals surface area contributed by atoms with Gasteiger partial charge in [-0.05, 0) is 31.0 Å². The van der Waals surface area contributed by atoms with Gasteiger partial charge in [0.15, 0.2) is 5.17 Å². The summed E-state index contributed by atoms with van der Waals surface area (Å²) in [5.74, 6) is 0.107. The first-order valence-electron chi connectivity index (χ1n) is 7.21. The highest BCUT2D eigenvalue weighted by molar-refractivity contribution is 8.14. The van der Waals surface area contributed by atoms with Gasteiger partial charge in [0, 0.05) is 30.3 Å². The van der Waals surface area contributed by atoms with Crippen LogP contribution in [0.25, 0.3) is 0 Å². The van der Waals surface area contributed by atoms with E-state index in [1.165, 1.54) is 25.0 Å². The van der Waals surface area contributed by atoms with Crippen molar-refractivity contribution >= 4 is 52.5 Å². The average Bonchev–Trinajstić information content (AvgIpc) is 3.22. The molecule has 1 saturated heterocycles. The number of amides is 1.